The highest BCUT2D eigenvalue weighted by Crippen LogP contribution is 2.24. The maximum atomic E-state index is 10.8. The van der Waals surface area contributed by atoms with Gasteiger partial charge in [-0.25, -0.2) is 0 Å². The van der Waals surface area contributed by atoms with Crippen LogP contribution < -0.4 is 10.6 Å². The molecule has 4 N–H and O–H groups in total. The van der Waals surface area contributed by atoms with Gasteiger partial charge in [0.15, 0.2) is 0 Å². The minimum atomic E-state index is -0.854. The highest BCUT2D eigenvalue weighted by atomic mass is 16.4. The van der Waals surface area contributed by atoms with Crippen molar-refractivity contribution in [2.24, 2.45) is 0 Å². The van der Waals surface area contributed by atoms with E-state index in [4.69, 9.17) is 10.2 Å². The van der Waals surface area contributed by atoms with E-state index in [-0.39, 0.29) is 0 Å². The van der Waals surface area contributed by atoms with E-state index in [2.05, 4.69) is 10.6 Å². The molecule has 0 spiro atoms. The molecule has 32 heavy (non-hydrogen) atoms. The van der Waals surface area contributed by atoms with E-state index in [1.165, 1.54) is 0 Å². The summed E-state index contributed by atoms with van der Waals surface area (Å²) in [7, 11) is 0. The first-order chi connectivity index (χ1) is 15.4. The second kappa shape index (κ2) is 10.3. The van der Waals surface area contributed by atoms with E-state index in [9.17, 15) is 9.59 Å². The first-order valence-electron chi connectivity index (χ1n) is 10.3. The van der Waals surface area contributed by atoms with Gasteiger partial charge >= 0.3 is 11.9 Å². The van der Waals surface area contributed by atoms with E-state index < -0.39 is 24.0 Å². The minimum absolute atomic E-state index is 0.592. The molecule has 4 rings (SSSR count). The maximum absolute atomic E-state index is 10.8. The monoisotopic (exact) mass is 430 g/mol. The smallest absolute Gasteiger partial charge is 0.325 e. The van der Waals surface area contributed by atoms with Crippen molar-refractivity contribution in [1.82, 2.24) is 0 Å². The minimum Gasteiger partial charge on any atom is -0.480 e. The van der Waals surface area contributed by atoms with Crippen LogP contribution in [0, 0.1) is 0 Å². The van der Waals surface area contributed by atoms with Crippen LogP contribution >= 0.6 is 0 Å². The summed E-state index contributed by atoms with van der Waals surface area (Å²) in [6.45, 7) is 3.26. The van der Waals surface area contributed by atoms with Crippen molar-refractivity contribution >= 4 is 44.9 Å². The molecule has 0 unspecified atom stereocenters. The lowest BCUT2D eigenvalue weighted by atomic mass is 10.1. The number of fused-ring (bicyclic) bond motifs is 2. The van der Waals surface area contributed by atoms with E-state index in [0.29, 0.717) is 0 Å². The molecule has 6 heteroatoms. The molecular formula is C26H26N2O4. The van der Waals surface area contributed by atoms with E-state index >= 15 is 0 Å². The molecular weight excluding hydrogens is 404 g/mol. The van der Waals surface area contributed by atoms with Gasteiger partial charge in [-0.15, -0.1) is 0 Å². The molecule has 0 amide bonds. The number of rotatable bonds is 6. The molecule has 0 aromatic heterocycles. The summed E-state index contributed by atoms with van der Waals surface area (Å²) in [4.78, 5) is 21.6. The summed E-state index contributed by atoms with van der Waals surface area (Å²) in [6, 6.07) is 26.2. The van der Waals surface area contributed by atoms with Gasteiger partial charge in [-0.05, 0) is 36.8 Å². The largest absolute Gasteiger partial charge is 0.480 e. The summed E-state index contributed by atoms with van der Waals surface area (Å²) < 4.78 is 0. The molecule has 0 bridgehead atoms. The van der Waals surface area contributed by atoms with Crippen LogP contribution in [-0.4, -0.2) is 34.2 Å². The second-order valence-corrected chi connectivity index (χ2v) is 7.46. The first kappa shape index (κ1) is 22.6. The van der Waals surface area contributed by atoms with Crippen LogP contribution in [-0.2, 0) is 9.59 Å². The van der Waals surface area contributed by atoms with Crippen LogP contribution in [0.3, 0.4) is 0 Å². The van der Waals surface area contributed by atoms with Crippen molar-refractivity contribution in [2.45, 2.75) is 25.9 Å². The molecule has 4 aromatic rings. The van der Waals surface area contributed by atoms with Crippen molar-refractivity contribution in [3.63, 3.8) is 0 Å². The number of nitrogens with one attached hydrogen (secondary N) is 2. The Labute approximate surface area is 186 Å². The highest BCUT2D eigenvalue weighted by molar-refractivity contribution is 5.96. The molecule has 0 radical (unpaired) electrons. The molecule has 0 saturated heterocycles. The third-order valence-electron chi connectivity index (χ3n) is 5.06. The first-order valence-corrected chi connectivity index (χ1v) is 10.3. The molecule has 6 nitrogen and oxygen atoms in total. The number of carboxylic acid groups (broad SMARTS) is 2. The molecule has 0 aliphatic rings. The van der Waals surface area contributed by atoms with Crippen molar-refractivity contribution in [2.75, 3.05) is 10.6 Å². The van der Waals surface area contributed by atoms with Crippen molar-refractivity contribution < 1.29 is 19.8 Å². The van der Waals surface area contributed by atoms with Gasteiger partial charge in [0.25, 0.3) is 0 Å². The molecule has 0 fully saturated rings. The Hall–Kier alpha value is -4.06. The lowest BCUT2D eigenvalue weighted by Crippen LogP contribution is -2.25. The Morgan fingerprint density at radius 3 is 1.31 bits per heavy atom. The number of anilines is 2. The Balaban J connectivity index is 0.000000181. The molecule has 4 aromatic carbocycles. The number of aliphatic carboxylic acids is 2. The van der Waals surface area contributed by atoms with Crippen LogP contribution in [0.4, 0.5) is 11.4 Å². The van der Waals surface area contributed by atoms with Crippen LogP contribution in [0.25, 0.3) is 21.5 Å². The Morgan fingerprint density at radius 1 is 0.594 bits per heavy atom. The highest BCUT2D eigenvalue weighted by Gasteiger charge is 2.12. The lowest BCUT2D eigenvalue weighted by Gasteiger charge is -2.12. The average Bonchev–Trinajstić information content (AvgIpc) is 2.80. The molecule has 0 aliphatic carbocycles. The Morgan fingerprint density at radius 2 is 0.938 bits per heavy atom. The standard InChI is InChI=1S/2C13H13NO2/c2*1-9(13(15)16)14-12-8-4-6-10-5-2-3-7-11(10)12/h2*2-9,14H,1H3,(H,15,16)/t2*9-/m00/s1. The number of benzene rings is 4. The number of hydrogen-bond donors (Lipinski definition) is 4. The van der Waals surface area contributed by atoms with Gasteiger partial charge < -0.3 is 20.8 Å². The lowest BCUT2D eigenvalue weighted by molar-refractivity contribution is -0.138. The van der Waals surface area contributed by atoms with Gasteiger partial charge in [0, 0.05) is 22.1 Å². The third-order valence-corrected chi connectivity index (χ3v) is 5.06. The van der Waals surface area contributed by atoms with Gasteiger partial charge in [0.05, 0.1) is 0 Å². The second-order valence-electron chi connectivity index (χ2n) is 7.46. The summed E-state index contributed by atoms with van der Waals surface area (Å²) in [5, 5.41) is 28.0. The molecule has 2 atom stereocenters. The summed E-state index contributed by atoms with van der Waals surface area (Å²) >= 11 is 0. The molecule has 0 saturated carbocycles. The molecule has 164 valence electrons. The van der Waals surface area contributed by atoms with Gasteiger partial charge in [-0.3, -0.25) is 9.59 Å². The Bertz CT molecular complexity index is 1130. The molecule has 0 aliphatic heterocycles. The quantitative estimate of drug-likeness (QED) is 0.325. The van der Waals surface area contributed by atoms with Gasteiger partial charge in [0.2, 0.25) is 0 Å². The summed E-state index contributed by atoms with van der Waals surface area (Å²) in [5.41, 5.74) is 1.71. The van der Waals surface area contributed by atoms with E-state index in [1.54, 1.807) is 13.8 Å². The van der Waals surface area contributed by atoms with Crippen LogP contribution in [0.1, 0.15) is 13.8 Å². The van der Waals surface area contributed by atoms with Crippen molar-refractivity contribution in [1.29, 1.82) is 0 Å². The van der Waals surface area contributed by atoms with Gasteiger partial charge in [-0.2, -0.15) is 0 Å². The zero-order valence-electron chi connectivity index (χ0n) is 17.9. The Kier molecular flexibility index (Phi) is 7.29. The fraction of sp³-hybridized carbons (Fsp3) is 0.154. The number of carboxylic acids is 2. The van der Waals surface area contributed by atoms with Crippen LogP contribution in [0.5, 0.6) is 0 Å². The van der Waals surface area contributed by atoms with Crippen LogP contribution in [0.15, 0.2) is 84.9 Å². The SMILES string of the molecule is C[C@H](Nc1cccc2ccccc12)C(=O)O.C[C@H](Nc1cccc2ccccc12)C(=O)O. The number of carbonyl (C=O) groups is 2. The average molecular weight is 431 g/mol. The van der Waals surface area contributed by atoms with Crippen LogP contribution in [0.2, 0.25) is 0 Å². The topological polar surface area (TPSA) is 98.7 Å². The molecule has 0 heterocycles. The predicted molar refractivity (Wildman–Crippen MR) is 129 cm³/mol. The maximum Gasteiger partial charge on any atom is 0.325 e. The fourth-order valence-corrected chi connectivity index (χ4v) is 3.29. The third kappa shape index (κ3) is 5.55. The zero-order chi connectivity index (χ0) is 23.1. The van der Waals surface area contributed by atoms with Gasteiger partial charge in [0.1, 0.15) is 12.1 Å². The normalized spacial score (nSPS) is 12.3. The summed E-state index contributed by atoms with van der Waals surface area (Å²) in [6.07, 6.45) is 0. The van der Waals surface area contributed by atoms with Crippen molar-refractivity contribution in [3.05, 3.63) is 84.9 Å². The zero-order valence-corrected chi connectivity index (χ0v) is 17.9. The fourth-order valence-electron chi connectivity index (χ4n) is 3.29. The van der Waals surface area contributed by atoms with Crippen molar-refractivity contribution in [3.8, 4) is 0 Å². The predicted octanol–water partition coefficient (Wildman–Crippen LogP) is 5.45. The van der Waals surface area contributed by atoms with E-state index in [0.717, 1.165) is 32.9 Å². The number of hydrogen-bond acceptors (Lipinski definition) is 4. The van der Waals surface area contributed by atoms with Gasteiger partial charge in [-0.1, -0.05) is 72.8 Å². The summed E-state index contributed by atoms with van der Waals surface area (Å²) in [5.74, 6) is -1.71. The van der Waals surface area contributed by atoms with E-state index in [1.807, 2.05) is 84.9 Å².